The molecular weight excluding hydrogens is 461 g/mol. The third-order valence-corrected chi connectivity index (χ3v) is 6.66. The highest BCUT2D eigenvalue weighted by Crippen LogP contribution is 2.32. The van der Waals surface area contributed by atoms with Crippen LogP contribution in [0.1, 0.15) is 24.8 Å². The van der Waals surface area contributed by atoms with E-state index in [0.717, 1.165) is 28.6 Å². The number of fused-ring (bicyclic) bond motifs is 2. The zero-order valence-electron chi connectivity index (χ0n) is 19.5. The largest absolute Gasteiger partial charge is 0.488 e. The Balaban J connectivity index is 1.25. The minimum absolute atomic E-state index is 0.126. The fraction of sp³-hybridized carbons (Fsp3) is 0.269. The first-order valence-corrected chi connectivity index (χ1v) is 11.9. The summed E-state index contributed by atoms with van der Waals surface area (Å²) in [6, 6.07) is 14.1. The summed E-state index contributed by atoms with van der Waals surface area (Å²) in [5, 5.41) is 23.3. The van der Waals surface area contributed by atoms with Gasteiger partial charge in [0.15, 0.2) is 11.6 Å². The van der Waals surface area contributed by atoms with E-state index in [0.29, 0.717) is 36.5 Å². The number of nitrogens with one attached hydrogen (secondary N) is 1. The highest BCUT2D eigenvalue weighted by atomic mass is 19.1. The van der Waals surface area contributed by atoms with Crippen LogP contribution in [0.3, 0.4) is 0 Å². The zero-order valence-corrected chi connectivity index (χ0v) is 19.5. The number of halogens is 1. The van der Waals surface area contributed by atoms with Gasteiger partial charge in [-0.2, -0.15) is 10.2 Å². The monoisotopic (exact) mass is 487 g/mol. The summed E-state index contributed by atoms with van der Waals surface area (Å²) in [7, 11) is 0. The van der Waals surface area contributed by atoms with Gasteiger partial charge in [-0.15, -0.1) is 0 Å². The first kappa shape index (κ1) is 22.4. The fourth-order valence-electron chi connectivity index (χ4n) is 4.77. The molecule has 1 aliphatic rings. The number of aromatic nitrogens is 5. The number of aliphatic hydroxyl groups excluding tert-OH is 1. The lowest BCUT2D eigenvalue weighted by molar-refractivity contribution is 0.0399. The van der Waals surface area contributed by atoms with Crippen molar-refractivity contribution in [1.82, 2.24) is 24.4 Å². The predicted octanol–water partition coefficient (Wildman–Crippen LogP) is 3.63. The van der Waals surface area contributed by atoms with E-state index in [4.69, 9.17) is 10.5 Å². The molecule has 0 spiro atoms. The highest BCUT2D eigenvalue weighted by Gasteiger charge is 2.28. The SMILES string of the molecule is N[C@H]1CCC(Oc2ccn3ncnc(Nc4ccc5c(cnn5Cc5cccc(F)c5)c4)c23)C[C@@H]1O. The van der Waals surface area contributed by atoms with Crippen molar-refractivity contribution >= 4 is 27.9 Å². The number of nitrogens with zero attached hydrogens (tertiary/aromatic N) is 5. The Morgan fingerprint density at radius 1 is 1.14 bits per heavy atom. The van der Waals surface area contributed by atoms with Crippen LogP contribution in [-0.4, -0.2) is 47.7 Å². The molecule has 0 amide bonds. The summed E-state index contributed by atoms with van der Waals surface area (Å²) < 4.78 is 23.4. The Hall–Kier alpha value is -4.02. The molecular formula is C26H26FN7O2. The summed E-state index contributed by atoms with van der Waals surface area (Å²) >= 11 is 0. The van der Waals surface area contributed by atoms with E-state index in [1.807, 2.05) is 41.2 Å². The summed E-state index contributed by atoms with van der Waals surface area (Å²) in [5.74, 6) is 0.989. The average Bonchev–Trinajstić information content (AvgIpc) is 3.46. The molecule has 5 aromatic rings. The van der Waals surface area contributed by atoms with E-state index in [1.165, 1.54) is 18.5 Å². The van der Waals surface area contributed by atoms with Crippen molar-refractivity contribution in [2.45, 2.75) is 44.1 Å². The molecule has 3 aromatic heterocycles. The number of ether oxygens (including phenoxy) is 1. The van der Waals surface area contributed by atoms with Gasteiger partial charge in [-0.3, -0.25) is 4.68 Å². The first-order chi connectivity index (χ1) is 17.5. The molecule has 3 heterocycles. The van der Waals surface area contributed by atoms with Crippen LogP contribution in [0, 0.1) is 5.82 Å². The third kappa shape index (κ3) is 4.36. The van der Waals surface area contributed by atoms with Gasteiger partial charge in [0.05, 0.1) is 24.4 Å². The van der Waals surface area contributed by atoms with E-state index < -0.39 is 6.10 Å². The van der Waals surface area contributed by atoms with E-state index in [-0.39, 0.29) is 18.0 Å². The van der Waals surface area contributed by atoms with Gasteiger partial charge in [0.2, 0.25) is 0 Å². The van der Waals surface area contributed by atoms with Crippen LogP contribution >= 0.6 is 0 Å². The molecule has 0 radical (unpaired) electrons. The van der Waals surface area contributed by atoms with Crippen molar-refractivity contribution in [1.29, 1.82) is 0 Å². The first-order valence-electron chi connectivity index (χ1n) is 11.9. The lowest BCUT2D eigenvalue weighted by Crippen LogP contribution is -2.43. The van der Waals surface area contributed by atoms with E-state index in [9.17, 15) is 9.50 Å². The molecule has 9 nitrogen and oxygen atoms in total. The topological polar surface area (TPSA) is 116 Å². The Morgan fingerprint density at radius 3 is 2.92 bits per heavy atom. The number of benzene rings is 2. The van der Waals surface area contributed by atoms with Crippen molar-refractivity contribution in [2.24, 2.45) is 5.73 Å². The molecule has 1 saturated carbocycles. The van der Waals surface area contributed by atoms with Crippen molar-refractivity contribution in [3.05, 3.63) is 78.6 Å². The van der Waals surface area contributed by atoms with Gasteiger partial charge in [0.1, 0.15) is 23.8 Å². The zero-order chi connectivity index (χ0) is 24.6. The smallest absolute Gasteiger partial charge is 0.162 e. The summed E-state index contributed by atoms with van der Waals surface area (Å²) in [5.41, 5.74) is 9.27. The van der Waals surface area contributed by atoms with Crippen LogP contribution in [-0.2, 0) is 6.54 Å². The molecule has 2 aromatic carbocycles. The second kappa shape index (κ2) is 9.21. The number of aliphatic hydroxyl groups is 1. The minimum atomic E-state index is -0.569. The van der Waals surface area contributed by atoms with Crippen LogP contribution in [0.4, 0.5) is 15.9 Å². The van der Waals surface area contributed by atoms with E-state index in [1.54, 1.807) is 16.8 Å². The molecule has 36 heavy (non-hydrogen) atoms. The standard InChI is InChI=1S/C26H26FN7O2/c27-18-3-1-2-16(10-18)14-34-22-7-4-19(11-17(22)13-30-34)32-26-25-24(8-9-33(25)31-15-29-26)36-20-5-6-21(28)23(35)12-20/h1-4,7-11,13,15,20-21,23,35H,5-6,12,14,28H2,(H,29,31,32)/t20?,21-,23-/m0/s1. The molecule has 0 saturated heterocycles. The van der Waals surface area contributed by atoms with Crippen LogP contribution in [0.5, 0.6) is 5.75 Å². The van der Waals surface area contributed by atoms with Crippen LogP contribution in [0.15, 0.2) is 67.3 Å². The molecule has 184 valence electrons. The normalized spacial score (nSPS) is 20.1. The lowest BCUT2D eigenvalue weighted by atomic mass is 9.91. The van der Waals surface area contributed by atoms with Crippen molar-refractivity contribution < 1.29 is 14.2 Å². The summed E-state index contributed by atoms with van der Waals surface area (Å²) in [6.07, 6.45) is 6.39. The Morgan fingerprint density at radius 2 is 2.06 bits per heavy atom. The number of anilines is 2. The van der Waals surface area contributed by atoms with Gasteiger partial charge in [0.25, 0.3) is 0 Å². The Labute approximate surface area is 206 Å². The lowest BCUT2D eigenvalue weighted by Gasteiger charge is -2.30. The average molecular weight is 488 g/mol. The van der Waals surface area contributed by atoms with Crippen molar-refractivity contribution in [3.8, 4) is 5.75 Å². The van der Waals surface area contributed by atoms with Crippen molar-refractivity contribution in [2.75, 3.05) is 5.32 Å². The fourth-order valence-corrected chi connectivity index (χ4v) is 4.77. The maximum atomic E-state index is 13.6. The molecule has 10 heteroatoms. The Kier molecular flexibility index (Phi) is 5.74. The Bertz CT molecular complexity index is 1530. The second-order valence-electron chi connectivity index (χ2n) is 9.20. The van der Waals surface area contributed by atoms with Crippen molar-refractivity contribution in [3.63, 3.8) is 0 Å². The molecule has 1 fully saturated rings. The van der Waals surface area contributed by atoms with Crippen LogP contribution in [0.2, 0.25) is 0 Å². The van der Waals surface area contributed by atoms with Gasteiger partial charge in [0, 0.05) is 35.8 Å². The molecule has 3 atom stereocenters. The number of rotatable bonds is 6. The number of nitrogens with two attached hydrogens (primary N) is 1. The van der Waals surface area contributed by atoms with Gasteiger partial charge in [-0.25, -0.2) is 13.9 Å². The van der Waals surface area contributed by atoms with Crippen LogP contribution < -0.4 is 15.8 Å². The predicted molar refractivity (Wildman–Crippen MR) is 134 cm³/mol. The number of hydrogen-bond donors (Lipinski definition) is 3. The van der Waals surface area contributed by atoms with Gasteiger partial charge >= 0.3 is 0 Å². The quantitative estimate of drug-likeness (QED) is 0.335. The van der Waals surface area contributed by atoms with Gasteiger partial charge in [-0.1, -0.05) is 12.1 Å². The van der Waals surface area contributed by atoms with Gasteiger partial charge in [-0.05, 0) is 48.7 Å². The second-order valence-corrected chi connectivity index (χ2v) is 9.20. The maximum absolute atomic E-state index is 13.6. The third-order valence-electron chi connectivity index (χ3n) is 6.66. The molecule has 1 unspecified atom stereocenters. The summed E-state index contributed by atoms with van der Waals surface area (Å²) in [6.45, 7) is 0.478. The minimum Gasteiger partial charge on any atom is -0.488 e. The molecule has 0 bridgehead atoms. The summed E-state index contributed by atoms with van der Waals surface area (Å²) in [4.78, 5) is 4.46. The molecule has 1 aliphatic carbocycles. The molecule has 6 rings (SSSR count). The number of hydrogen-bond acceptors (Lipinski definition) is 7. The van der Waals surface area contributed by atoms with Gasteiger partial charge < -0.3 is 20.9 Å². The van der Waals surface area contributed by atoms with E-state index in [2.05, 4.69) is 20.5 Å². The van der Waals surface area contributed by atoms with Crippen LogP contribution in [0.25, 0.3) is 16.4 Å². The highest BCUT2D eigenvalue weighted by molar-refractivity contribution is 5.86. The molecule has 0 aliphatic heterocycles. The van der Waals surface area contributed by atoms with E-state index >= 15 is 0 Å². The maximum Gasteiger partial charge on any atom is 0.162 e. The molecule has 4 N–H and O–H groups in total.